The van der Waals surface area contributed by atoms with Crippen molar-refractivity contribution in [3.8, 4) is 0 Å². The van der Waals surface area contributed by atoms with Gasteiger partial charge in [0, 0.05) is 31.6 Å². The molecule has 0 saturated heterocycles. The zero-order valence-corrected chi connectivity index (χ0v) is 9.21. The van der Waals surface area contributed by atoms with Crippen molar-refractivity contribution in [3.63, 3.8) is 0 Å². The summed E-state index contributed by atoms with van der Waals surface area (Å²) in [5.74, 6) is -1.79. The van der Waals surface area contributed by atoms with Crippen LogP contribution in [0.4, 0.5) is 0 Å². The minimum Gasteiger partial charge on any atom is -0.478 e. The summed E-state index contributed by atoms with van der Waals surface area (Å²) in [5.41, 5.74) is 0. The molecule has 11 heavy (non-hydrogen) atoms. The van der Waals surface area contributed by atoms with Gasteiger partial charge < -0.3 is 9.84 Å². The van der Waals surface area contributed by atoms with Gasteiger partial charge in [-0.2, -0.15) is 0 Å². The molecule has 5 heteroatoms. The third-order valence-corrected chi connectivity index (χ3v) is 0.649. The number of carboxylic acid groups (broad SMARTS) is 1. The fourth-order valence-electron chi connectivity index (χ4n) is 0.330. The van der Waals surface area contributed by atoms with Gasteiger partial charge in [0.05, 0.1) is 6.61 Å². The molecule has 0 amide bonds. The van der Waals surface area contributed by atoms with Crippen molar-refractivity contribution in [2.24, 2.45) is 0 Å². The summed E-state index contributed by atoms with van der Waals surface area (Å²) in [4.78, 5) is 20.2. The number of carboxylic acids is 1. The Kier molecular flexibility index (Phi) is 8.71. The van der Waals surface area contributed by atoms with E-state index >= 15 is 0 Å². The van der Waals surface area contributed by atoms with Crippen molar-refractivity contribution in [2.75, 3.05) is 6.61 Å². The van der Waals surface area contributed by atoms with E-state index in [0.717, 1.165) is 12.2 Å². The van der Waals surface area contributed by atoms with E-state index in [0.29, 0.717) is 0 Å². The molecular weight excluding hydrogens is 201 g/mol. The molecule has 0 saturated carbocycles. The number of esters is 1. The molecule has 0 atom stereocenters. The van der Waals surface area contributed by atoms with Gasteiger partial charge in [0.15, 0.2) is 0 Å². The van der Waals surface area contributed by atoms with E-state index in [2.05, 4.69) is 4.74 Å². The van der Waals surface area contributed by atoms with E-state index in [-0.39, 0.29) is 26.1 Å². The Morgan fingerprint density at radius 1 is 1.45 bits per heavy atom. The van der Waals surface area contributed by atoms with Crippen LogP contribution in [0.15, 0.2) is 12.2 Å². The van der Waals surface area contributed by atoms with Crippen molar-refractivity contribution in [1.82, 2.24) is 0 Å². The van der Waals surface area contributed by atoms with Crippen LogP contribution >= 0.6 is 0 Å². The Labute approximate surface area is 77.0 Å². The van der Waals surface area contributed by atoms with E-state index in [1.54, 1.807) is 6.92 Å². The third kappa shape index (κ3) is 9.30. The van der Waals surface area contributed by atoms with Crippen molar-refractivity contribution in [2.45, 2.75) is 6.92 Å². The summed E-state index contributed by atoms with van der Waals surface area (Å²) < 4.78 is 4.40. The zero-order chi connectivity index (χ0) is 7.98. The first-order valence-corrected chi connectivity index (χ1v) is 2.74. The molecule has 0 aromatic carbocycles. The van der Waals surface area contributed by atoms with Crippen molar-refractivity contribution >= 4 is 11.9 Å². The minimum atomic E-state index is -1.16. The van der Waals surface area contributed by atoms with E-state index in [1.165, 1.54) is 0 Å². The molecule has 58 valence electrons. The molecule has 0 bridgehead atoms. The number of aliphatic carboxylic acids is 1. The average molecular weight is 210 g/mol. The van der Waals surface area contributed by atoms with Gasteiger partial charge in [-0.15, -0.1) is 0 Å². The second kappa shape index (κ2) is 7.41. The predicted octanol–water partition coefficient (Wildman–Crippen LogP) is 0.188. The molecule has 0 aromatic rings. The molecular formula is C6H8O4Zn. The molecule has 0 aliphatic heterocycles. The molecule has 4 nitrogen and oxygen atoms in total. The number of hydrogen-bond donors (Lipinski definition) is 1. The molecule has 0 radical (unpaired) electrons. The quantitative estimate of drug-likeness (QED) is 0.409. The third-order valence-electron chi connectivity index (χ3n) is 0.649. The van der Waals surface area contributed by atoms with Gasteiger partial charge in [0.25, 0.3) is 0 Å². The van der Waals surface area contributed by atoms with Crippen LogP contribution in [0.3, 0.4) is 0 Å². The van der Waals surface area contributed by atoms with Gasteiger partial charge in [0.2, 0.25) is 0 Å². The van der Waals surface area contributed by atoms with Crippen LogP contribution in [0.25, 0.3) is 0 Å². The van der Waals surface area contributed by atoms with Gasteiger partial charge in [-0.05, 0) is 6.92 Å². The van der Waals surface area contributed by atoms with Crippen LogP contribution in [0.2, 0.25) is 0 Å². The molecule has 0 heterocycles. The molecule has 0 spiro atoms. The Hall–Kier alpha value is -0.697. The Morgan fingerprint density at radius 3 is 2.36 bits per heavy atom. The summed E-state index contributed by atoms with van der Waals surface area (Å²) in [6, 6.07) is 0. The summed E-state index contributed by atoms with van der Waals surface area (Å²) in [5, 5.41) is 8.04. The molecule has 0 unspecified atom stereocenters. The minimum absolute atomic E-state index is 0. The number of rotatable bonds is 3. The molecule has 0 aromatic heterocycles. The Morgan fingerprint density at radius 2 is 2.00 bits per heavy atom. The molecule has 1 N–H and O–H groups in total. The maximum atomic E-state index is 10.4. The van der Waals surface area contributed by atoms with Gasteiger partial charge in [-0.1, -0.05) is 0 Å². The standard InChI is InChI=1S/C6H8O4.Zn/c1-2-10-6(9)4-3-5(7)8;/h3-4H,2H2,1H3,(H,7,8);. The van der Waals surface area contributed by atoms with E-state index in [4.69, 9.17) is 5.11 Å². The van der Waals surface area contributed by atoms with Gasteiger partial charge in [-0.25, -0.2) is 9.59 Å². The predicted molar refractivity (Wildman–Crippen MR) is 33.4 cm³/mol. The van der Waals surface area contributed by atoms with Gasteiger partial charge in [0.1, 0.15) is 0 Å². The maximum absolute atomic E-state index is 10.4. The first kappa shape index (κ1) is 12.9. The molecule has 0 rings (SSSR count). The van der Waals surface area contributed by atoms with Crippen molar-refractivity contribution in [3.05, 3.63) is 12.2 Å². The van der Waals surface area contributed by atoms with E-state index in [9.17, 15) is 9.59 Å². The zero-order valence-electron chi connectivity index (χ0n) is 6.24. The summed E-state index contributed by atoms with van der Waals surface area (Å²) in [6.45, 7) is 1.90. The largest absolute Gasteiger partial charge is 0.478 e. The topological polar surface area (TPSA) is 63.6 Å². The first-order chi connectivity index (χ1) is 4.66. The van der Waals surface area contributed by atoms with Crippen LogP contribution < -0.4 is 0 Å². The first-order valence-electron chi connectivity index (χ1n) is 2.74. The van der Waals surface area contributed by atoms with Crippen LogP contribution in [-0.2, 0) is 33.8 Å². The fourth-order valence-corrected chi connectivity index (χ4v) is 0.330. The number of carbonyl (C=O) groups is 2. The average Bonchev–Trinajstić information content (AvgIpc) is 1.85. The molecule has 0 fully saturated rings. The second-order valence-electron chi connectivity index (χ2n) is 1.42. The summed E-state index contributed by atoms with van der Waals surface area (Å²) >= 11 is 0. The van der Waals surface area contributed by atoms with Crippen LogP contribution in [0.1, 0.15) is 6.92 Å². The number of carbonyl (C=O) groups excluding carboxylic acids is 1. The second-order valence-corrected chi connectivity index (χ2v) is 1.42. The van der Waals surface area contributed by atoms with Gasteiger partial charge in [-0.3, -0.25) is 0 Å². The van der Waals surface area contributed by atoms with E-state index < -0.39 is 11.9 Å². The Balaban J connectivity index is 0. The SMILES string of the molecule is CCOC(=O)C=CC(=O)O.[Zn]. The fraction of sp³-hybridized carbons (Fsp3) is 0.333. The van der Waals surface area contributed by atoms with Crippen LogP contribution in [0, 0.1) is 0 Å². The summed E-state index contributed by atoms with van der Waals surface area (Å²) in [6.07, 6.45) is 1.60. The monoisotopic (exact) mass is 208 g/mol. The molecule has 0 aliphatic carbocycles. The van der Waals surface area contributed by atoms with Crippen LogP contribution in [-0.4, -0.2) is 23.7 Å². The van der Waals surface area contributed by atoms with Gasteiger partial charge >= 0.3 is 11.9 Å². The molecule has 0 aliphatic rings. The smallest absolute Gasteiger partial charge is 0.330 e. The van der Waals surface area contributed by atoms with E-state index in [1.807, 2.05) is 0 Å². The number of hydrogen-bond acceptors (Lipinski definition) is 3. The summed E-state index contributed by atoms with van der Waals surface area (Å²) in [7, 11) is 0. The van der Waals surface area contributed by atoms with Crippen LogP contribution in [0.5, 0.6) is 0 Å². The van der Waals surface area contributed by atoms with Crippen molar-refractivity contribution in [1.29, 1.82) is 0 Å². The number of ether oxygens (including phenoxy) is 1. The maximum Gasteiger partial charge on any atom is 0.330 e. The Bertz CT molecular complexity index is 164. The van der Waals surface area contributed by atoms with Crippen molar-refractivity contribution < 1.29 is 38.9 Å². The normalized spacial score (nSPS) is 8.82.